The second-order valence-electron chi connectivity index (χ2n) is 7.67. The normalized spacial score (nSPS) is 13.3. The molecule has 1 aliphatic rings. The quantitative estimate of drug-likeness (QED) is 0.250. The zero-order valence-electron chi connectivity index (χ0n) is 19.6. The Hall–Kier alpha value is -4.53. The Bertz CT molecular complexity index is 1330. The number of hydrogen-bond donors (Lipinski definition) is 0. The molecule has 0 atom stereocenters. The highest BCUT2D eigenvalue weighted by Crippen LogP contribution is 2.41. The number of carbonyl (C=O) groups excluding carboxylic acids is 1. The number of benzene rings is 3. The van der Waals surface area contributed by atoms with E-state index < -0.39 is 4.92 Å². The number of nitro benzene ring substituents is 1. The molecule has 0 bridgehead atoms. The van der Waals surface area contributed by atoms with E-state index in [1.807, 2.05) is 0 Å². The lowest BCUT2D eigenvalue weighted by molar-refractivity contribution is -0.384. The van der Waals surface area contributed by atoms with Gasteiger partial charge in [-0.15, -0.1) is 0 Å². The summed E-state index contributed by atoms with van der Waals surface area (Å²) in [5.74, 6) is 2.32. The smallest absolute Gasteiger partial charge is 0.269 e. The van der Waals surface area contributed by atoms with E-state index in [-0.39, 0.29) is 23.8 Å². The molecule has 0 spiro atoms. The SMILES string of the molecule is COc1cc(OC)c(OC)cc1/C=C1\Oc2c(ccc(OCc3ccc([N+](=O)[O-])cc3)c2C)C1=O. The maximum atomic E-state index is 13.0. The van der Waals surface area contributed by atoms with Gasteiger partial charge < -0.3 is 23.7 Å². The highest BCUT2D eigenvalue weighted by Gasteiger charge is 2.30. The largest absolute Gasteiger partial charge is 0.496 e. The molecule has 0 saturated carbocycles. The van der Waals surface area contributed by atoms with E-state index in [1.165, 1.54) is 33.5 Å². The van der Waals surface area contributed by atoms with Crippen LogP contribution < -0.4 is 23.7 Å². The molecule has 0 N–H and O–H groups in total. The standard InChI is InChI=1S/C26H23NO8/c1-15-20(34-14-16-5-7-18(8-6-16)27(29)30)10-9-19-25(28)24(35-26(15)19)12-17-11-22(32-3)23(33-4)13-21(17)31-2/h5-13H,14H2,1-4H3/b24-12-. The van der Waals surface area contributed by atoms with Crippen LogP contribution in [0, 0.1) is 17.0 Å². The fraction of sp³-hybridized carbons (Fsp3) is 0.192. The number of non-ortho nitro benzene ring substituents is 1. The summed E-state index contributed by atoms with van der Waals surface area (Å²) in [4.78, 5) is 23.4. The van der Waals surface area contributed by atoms with Crippen molar-refractivity contribution in [1.29, 1.82) is 0 Å². The molecule has 4 rings (SSSR count). The van der Waals surface area contributed by atoms with Gasteiger partial charge in [-0.2, -0.15) is 0 Å². The van der Waals surface area contributed by atoms with Crippen LogP contribution in [0.5, 0.6) is 28.7 Å². The van der Waals surface area contributed by atoms with Crippen LogP contribution in [0.2, 0.25) is 0 Å². The molecule has 0 radical (unpaired) electrons. The Balaban J connectivity index is 1.58. The molecule has 9 nitrogen and oxygen atoms in total. The zero-order chi connectivity index (χ0) is 25.1. The minimum absolute atomic E-state index is 0.0137. The summed E-state index contributed by atoms with van der Waals surface area (Å²) in [6.45, 7) is 2.01. The summed E-state index contributed by atoms with van der Waals surface area (Å²) in [7, 11) is 4.57. The number of nitrogens with zero attached hydrogens (tertiary/aromatic N) is 1. The molecule has 35 heavy (non-hydrogen) atoms. The van der Waals surface area contributed by atoms with Gasteiger partial charge in [-0.05, 0) is 48.9 Å². The lowest BCUT2D eigenvalue weighted by Crippen LogP contribution is -2.00. The van der Waals surface area contributed by atoms with Gasteiger partial charge in [0.05, 0.1) is 31.8 Å². The topological polar surface area (TPSA) is 106 Å². The molecule has 1 heterocycles. The Kier molecular flexibility index (Phi) is 6.59. The van der Waals surface area contributed by atoms with Crippen LogP contribution in [0.3, 0.4) is 0 Å². The van der Waals surface area contributed by atoms with Gasteiger partial charge in [0.1, 0.15) is 23.9 Å². The number of nitro groups is 1. The summed E-state index contributed by atoms with van der Waals surface area (Å²) in [6, 6.07) is 12.9. The maximum Gasteiger partial charge on any atom is 0.269 e. The van der Waals surface area contributed by atoms with Crippen molar-refractivity contribution in [2.75, 3.05) is 21.3 Å². The first kappa shape index (κ1) is 23.6. The van der Waals surface area contributed by atoms with E-state index in [1.54, 1.807) is 49.4 Å². The molecule has 0 unspecified atom stereocenters. The minimum atomic E-state index is -0.452. The van der Waals surface area contributed by atoms with Crippen molar-refractivity contribution in [2.45, 2.75) is 13.5 Å². The Morgan fingerprint density at radius 2 is 1.57 bits per heavy atom. The van der Waals surface area contributed by atoms with E-state index >= 15 is 0 Å². The molecule has 0 amide bonds. The highest BCUT2D eigenvalue weighted by atomic mass is 16.6. The van der Waals surface area contributed by atoms with Crippen LogP contribution in [-0.4, -0.2) is 32.0 Å². The Morgan fingerprint density at radius 3 is 2.20 bits per heavy atom. The van der Waals surface area contributed by atoms with E-state index in [0.717, 1.165) is 5.56 Å². The monoisotopic (exact) mass is 477 g/mol. The van der Waals surface area contributed by atoms with Crippen LogP contribution in [0.25, 0.3) is 6.08 Å². The molecule has 0 aliphatic carbocycles. The summed E-state index contributed by atoms with van der Waals surface area (Å²) >= 11 is 0. The summed E-state index contributed by atoms with van der Waals surface area (Å²) < 4.78 is 28.0. The van der Waals surface area contributed by atoms with E-state index in [0.29, 0.717) is 45.4 Å². The Morgan fingerprint density at radius 1 is 0.914 bits per heavy atom. The maximum absolute atomic E-state index is 13.0. The fourth-order valence-electron chi connectivity index (χ4n) is 3.71. The first-order valence-electron chi connectivity index (χ1n) is 10.6. The van der Waals surface area contributed by atoms with Crippen molar-refractivity contribution < 1.29 is 33.4 Å². The molecule has 3 aromatic carbocycles. The third kappa shape index (κ3) is 4.61. The van der Waals surface area contributed by atoms with Crippen LogP contribution in [0.15, 0.2) is 54.3 Å². The van der Waals surface area contributed by atoms with Gasteiger partial charge in [0, 0.05) is 29.3 Å². The van der Waals surface area contributed by atoms with Gasteiger partial charge in [0.25, 0.3) is 5.69 Å². The van der Waals surface area contributed by atoms with Gasteiger partial charge >= 0.3 is 0 Å². The van der Waals surface area contributed by atoms with E-state index in [4.69, 9.17) is 23.7 Å². The Labute approximate surface area is 201 Å². The van der Waals surface area contributed by atoms with E-state index in [9.17, 15) is 14.9 Å². The number of hydrogen-bond acceptors (Lipinski definition) is 8. The van der Waals surface area contributed by atoms with Crippen LogP contribution in [-0.2, 0) is 6.61 Å². The first-order chi connectivity index (χ1) is 16.9. The van der Waals surface area contributed by atoms with Crippen LogP contribution >= 0.6 is 0 Å². The molecular weight excluding hydrogens is 454 g/mol. The van der Waals surface area contributed by atoms with Crippen LogP contribution in [0.1, 0.15) is 27.0 Å². The number of allylic oxidation sites excluding steroid dienone is 1. The third-order valence-corrected chi connectivity index (χ3v) is 5.60. The van der Waals surface area contributed by atoms with Crippen molar-refractivity contribution in [3.8, 4) is 28.7 Å². The number of ketones is 1. The predicted octanol–water partition coefficient (Wildman–Crippen LogP) is 5.12. The first-order valence-corrected chi connectivity index (χ1v) is 10.6. The molecule has 0 aromatic heterocycles. The number of ether oxygens (including phenoxy) is 5. The van der Waals surface area contributed by atoms with Gasteiger partial charge in [-0.1, -0.05) is 0 Å². The molecule has 9 heteroatoms. The fourth-order valence-corrected chi connectivity index (χ4v) is 3.71. The molecular formula is C26H23NO8. The van der Waals surface area contributed by atoms with E-state index in [2.05, 4.69) is 0 Å². The molecule has 180 valence electrons. The lowest BCUT2D eigenvalue weighted by atomic mass is 10.1. The second-order valence-corrected chi connectivity index (χ2v) is 7.67. The molecule has 1 aliphatic heterocycles. The van der Waals surface area contributed by atoms with Gasteiger partial charge in [-0.25, -0.2) is 0 Å². The summed E-state index contributed by atoms with van der Waals surface area (Å²) in [5, 5.41) is 10.8. The number of rotatable bonds is 8. The predicted molar refractivity (Wildman–Crippen MR) is 128 cm³/mol. The minimum Gasteiger partial charge on any atom is -0.496 e. The number of carbonyl (C=O) groups is 1. The van der Waals surface area contributed by atoms with Gasteiger partial charge in [-0.3, -0.25) is 14.9 Å². The second kappa shape index (κ2) is 9.76. The van der Waals surface area contributed by atoms with Crippen LogP contribution in [0.4, 0.5) is 5.69 Å². The van der Waals surface area contributed by atoms with Gasteiger partial charge in [0.2, 0.25) is 5.78 Å². The van der Waals surface area contributed by atoms with Crippen molar-refractivity contribution in [3.05, 3.63) is 86.7 Å². The van der Waals surface area contributed by atoms with Crippen molar-refractivity contribution in [3.63, 3.8) is 0 Å². The highest BCUT2D eigenvalue weighted by molar-refractivity contribution is 6.15. The summed E-state index contributed by atoms with van der Waals surface area (Å²) in [6.07, 6.45) is 1.60. The number of fused-ring (bicyclic) bond motifs is 1. The number of methoxy groups -OCH3 is 3. The van der Waals surface area contributed by atoms with Crippen molar-refractivity contribution >= 4 is 17.5 Å². The third-order valence-electron chi connectivity index (χ3n) is 5.60. The lowest BCUT2D eigenvalue weighted by Gasteiger charge is -2.13. The molecule has 3 aromatic rings. The summed E-state index contributed by atoms with van der Waals surface area (Å²) in [5.41, 5.74) is 2.47. The van der Waals surface area contributed by atoms with Crippen molar-refractivity contribution in [1.82, 2.24) is 0 Å². The zero-order valence-corrected chi connectivity index (χ0v) is 19.6. The number of Topliss-reactive ketones (excluding diaryl/α,β-unsaturated/α-hetero) is 1. The van der Waals surface area contributed by atoms with Gasteiger partial charge in [0.15, 0.2) is 17.3 Å². The average Bonchev–Trinajstić information content (AvgIpc) is 3.19. The van der Waals surface area contributed by atoms with Crippen molar-refractivity contribution in [2.24, 2.45) is 0 Å². The molecule has 0 saturated heterocycles. The molecule has 0 fully saturated rings. The average molecular weight is 477 g/mol.